The molecule has 584 valence electrons. The van der Waals surface area contributed by atoms with Gasteiger partial charge in [0.1, 0.15) is 57.5 Å². The molecule has 4 heterocycles. The van der Waals surface area contributed by atoms with E-state index in [1.807, 2.05) is 70.2 Å². The van der Waals surface area contributed by atoms with E-state index in [1.165, 1.54) is 68.9 Å². The summed E-state index contributed by atoms with van der Waals surface area (Å²) in [6.45, 7) is 15.8. The summed E-state index contributed by atoms with van der Waals surface area (Å²) in [6.07, 6.45) is 12.1. The summed E-state index contributed by atoms with van der Waals surface area (Å²) >= 11 is 30.5. The van der Waals surface area contributed by atoms with Crippen LogP contribution >= 0.6 is 58.0 Å². The van der Waals surface area contributed by atoms with Gasteiger partial charge in [0.05, 0.1) is 96.2 Å². The van der Waals surface area contributed by atoms with Crippen LogP contribution in [0.1, 0.15) is 143 Å². The Balaban J connectivity index is 0.000000140. The molecule has 1 saturated heterocycles. The molecule has 0 atom stereocenters. The lowest BCUT2D eigenvalue weighted by molar-refractivity contribution is 0.00578. The molecule has 33 heteroatoms. The van der Waals surface area contributed by atoms with Gasteiger partial charge in [-0.3, -0.25) is 0 Å². The number of phenols is 1. The Morgan fingerprint density at radius 2 is 0.882 bits per heavy atom. The molecular formula is C77H85BCl5N9O18. The van der Waals surface area contributed by atoms with Crippen molar-refractivity contribution < 1.29 is 86.0 Å². The number of methoxy groups -OCH3 is 1. The van der Waals surface area contributed by atoms with Crippen LogP contribution in [0.4, 0.5) is 0 Å². The largest absolute Gasteiger partial charge is 0.508 e. The van der Waals surface area contributed by atoms with Crippen molar-refractivity contribution in [2.75, 3.05) is 53.4 Å². The van der Waals surface area contributed by atoms with E-state index in [0.29, 0.717) is 128 Å². The monoisotopic (exact) mass is 1610 g/mol. The number of nitrogens with one attached hydrogen (secondary N) is 2. The van der Waals surface area contributed by atoms with Gasteiger partial charge in [-0.15, -0.1) is 5.10 Å². The SMILES string of the molecule is CC1(C)OB(c2ccc(Cl)c(OCC3CC3)c2)OC1(C)C.CCOC(=O)c1[nH]nnc1Oc1ccc(Cl)c(OCC2CC2)c1.CCOC(=O)c1nnn(Cc2ccc(OC)cc2)c1Oc1ccc(Cl)c(OCC2CC2)c1.O=C(O)c1[nH]nnc1Oc1ccc(Cl)c(OCC2CC2)c1.Oc1ccc(Cl)c(OCC2CC2)c1. The number of benzene rings is 6. The summed E-state index contributed by atoms with van der Waals surface area (Å²) < 4.78 is 74.3. The van der Waals surface area contributed by atoms with Crippen molar-refractivity contribution in [1.29, 1.82) is 0 Å². The Kier molecular flexibility index (Phi) is 28.2. The van der Waals surface area contributed by atoms with Gasteiger partial charge in [-0.25, -0.2) is 29.3 Å². The van der Waals surface area contributed by atoms with Crippen molar-refractivity contribution in [3.63, 3.8) is 0 Å². The number of rotatable bonds is 30. The van der Waals surface area contributed by atoms with E-state index in [2.05, 4.69) is 41.1 Å². The molecule has 3 aromatic heterocycles. The number of aromatic carboxylic acids is 1. The lowest BCUT2D eigenvalue weighted by atomic mass is 9.79. The summed E-state index contributed by atoms with van der Waals surface area (Å²) in [6, 6.07) is 32.9. The average Bonchev–Trinajstić information content (AvgIpc) is 1.62. The molecule has 0 radical (unpaired) electrons. The number of carboxylic acid groups (broad SMARTS) is 1. The van der Waals surface area contributed by atoms with Crippen LogP contribution in [0.3, 0.4) is 0 Å². The quantitative estimate of drug-likeness (QED) is 0.0240. The first-order valence-corrected chi connectivity index (χ1v) is 38.0. The topological polar surface area (TPSA) is 326 Å². The van der Waals surface area contributed by atoms with Crippen molar-refractivity contribution in [2.45, 2.75) is 123 Å². The van der Waals surface area contributed by atoms with E-state index >= 15 is 0 Å². The van der Waals surface area contributed by atoms with Crippen LogP contribution < -0.4 is 48.1 Å². The summed E-state index contributed by atoms with van der Waals surface area (Å²) in [5.41, 5.74) is 1.03. The van der Waals surface area contributed by atoms with Crippen molar-refractivity contribution in [2.24, 2.45) is 29.6 Å². The van der Waals surface area contributed by atoms with Gasteiger partial charge in [-0.2, -0.15) is 0 Å². The molecule has 0 unspecified atom stereocenters. The number of aromatic hydroxyl groups is 1. The zero-order valence-corrected chi connectivity index (χ0v) is 65.4. The minimum Gasteiger partial charge on any atom is -0.508 e. The molecule has 27 nitrogen and oxygen atoms in total. The second-order valence-corrected chi connectivity index (χ2v) is 29.8. The normalized spacial score (nSPS) is 15.6. The van der Waals surface area contributed by atoms with E-state index in [4.69, 9.17) is 125 Å². The number of aromatic nitrogens is 9. The molecule has 0 amide bonds. The van der Waals surface area contributed by atoms with Crippen LogP contribution in [0.2, 0.25) is 25.1 Å². The van der Waals surface area contributed by atoms with Gasteiger partial charge >= 0.3 is 25.0 Å². The first-order chi connectivity index (χ1) is 52.9. The smallest absolute Gasteiger partial charge is 0.494 e. The summed E-state index contributed by atoms with van der Waals surface area (Å²) in [5.74, 6) is 5.97. The predicted octanol–water partition coefficient (Wildman–Crippen LogP) is 17.0. The highest BCUT2D eigenvalue weighted by molar-refractivity contribution is 6.62. The number of esters is 2. The van der Waals surface area contributed by atoms with E-state index < -0.39 is 17.9 Å². The maximum Gasteiger partial charge on any atom is 0.494 e. The highest BCUT2D eigenvalue weighted by atomic mass is 35.5. The van der Waals surface area contributed by atoms with Crippen molar-refractivity contribution in [3.8, 4) is 75.1 Å². The van der Waals surface area contributed by atoms with Crippen LogP contribution in [-0.2, 0) is 25.3 Å². The molecule has 6 aromatic carbocycles. The molecular weight excluding hydrogens is 1530 g/mol. The third-order valence-electron chi connectivity index (χ3n) is 18.0. The second kappa shape index (κ2) is 38.0. The fourth-order valence-electron chi connectivity index (χ4n) is 9.92. The first kappa shape index (κ1) is 81.6. The Hall–Kier alpha value is -9.42. The average molecular weight is 1610 g/mol. The summed E-state index contributed by atoms with van der Waals surface area (Å²) in [5, 5.41) is 47.9. The zero-order valence-electron chi connectivity index (χ0n) is 61.6. The minimum atomic E-state index is -1.20. The molecule has 15 rings (SSSR count). The highest BCUT2D eigenvalue weighted by Gasteiger charge is 2.52. The van der Waals surface area contributed by atoms with Crippen LogP contribution in [0, 0.1) is 29.6 Å². The maximum atomic E-state index is 12.4. The minimum absolute atomic E-state index is 0.00393. The zero-order chi connectivity index (χ0) is 78.1. The standard InChI is InChI=1S/C23H24ClN3O5.C16H22BClO3.C15H16ClN3O4.C13H12ClN3O4.C10H11ClO2/c1-3-30-23(28)21-22(27(26-25-21)13-15-6-8-17(29-2)9-7-15)32-18-10-11-19(24)20(12-18)31-14-16-4-5-16;1-15(2)16(3,4)21-17(20-15)12-7-8-13(18)14(9-12)19-10-11-5-6-11;1-2-21-15(20)13-14(18-19-17-13)23-10-5-6-11(16)12(7-10)22-8-9-3-4-9;14-9-4-3-8(5-10(9)20-6-7-1-2-7)21-12-11(13(18)19)15-17-16-12;11-9-4-3-8(12)5-10(9)13-6-7-1-2-7/h6-12,16H,3-5,13-14H2,1-2H3;7-9,11H,5-6,10H2,1-4H3;5-7,9H,2-4,8H2,1H3,(H,17,18,19);3-5,7H,1-2,6H2,(H,18,19)(H,15,16,17);3-5,7,12H,1-2,6H2. The van der Waals surface area contributed by atoms with Gasteiger partial charge in [0, 0.05) is 24.3 Å². The summed E-state index contributed by atoms with van der Waals surface area (Å²) in [4.78, 5) is 35.1. The Labute approximate surface area is 661 Å². The molecule has 4 N–H and O–H groups in total. The Morgan fingerprint density at radius 1 is 0.500 bits per heavy atom. The molecule has 0 spiro atoms. The number of hydrogen-bond donors (Lipinski definition) is 4. The van der Waals surface area contributed by atoms with Crippen LogP contribution in [0.25, 0.3) is 0 Å². The van der Waals surface area contributed by atoms with E-state index in [0.717, 1.165) is 29.1 Å². The van der Waals surface area contributed by atoms with E-state index in [1.54, 1.807) is 93.8 Å². The molecule has 110 heavy (non-hydrogen) atoms. The third-order valence-corrected chi connectivity index (χ3v) is 19.5. The molecule has 9 aromatic rings. The van der Waals surface area contributed by atoms with Gasteiger partial charge in [-0.05, 0) is 219 Å². The van der Waals surface area contributed by atoms with Crippen LogP contribution in [0.5, 0.6) is 75.1 Å². The molecule has 6 aliphatic rings. The number of nitrogens with zero attached hydrogens (tertiary/aromatic N) is 7. The number of aromatic amines is 2. The number of halogens is 5. The highest BCUT2D eigenvalue weighted by Crippen LogP contribution is 2.42. The van der Waals surface area contributed by atoms with Gasteiger partial charge in [0.2, 0.25) is 17.1 Å². The molecule has 5 saturated carbocycles. The number of hydrogen-bond acceptors (Lipinski definition) is 23. The van der Waals surface area contributed by atoms with Gasteiger partial charge < -0.3 is 71.6 Å². The number of carbonyl (C=O) groups excluding carboxylic acids is 2. The fraction of sp³-hybridized carbons (Fsp3) is 0.416. The fourth-order valence-corrected chi connectivity index (χ4v) is 10.8. The Morgan fingerprint density at radius 3 is 1.31 bits per heavy atom. The molecule has 6 fully saturated rings. The van der Waals surface area contributed by atoms with Crippen LogP contribution in [-0.4, -0.2) is 146 Å². The number of ether oxygens (including phenoxy) is 11. The van der Waals surface area contributed by atoms with Gasteiger partial charge in [-0.1, -0.05) is 102 Å². The number of carbonyl (C=O) groups is 3. The predicted molar refractivity (Wildman–Crippen MR) is 410 cm³/mol. The maximum absolute atomic E-state index is 12.4. The van der Waals surface area contributed by atoms with E-state index in [-0.39, 0.29) is 72.0 Å². The second-order valence-electron chi connectivity index (χ2n) is 27.7. The van der Waals surface area contributed by atoms with Crippen molar-refractivity contribution >= 4 is 88.5 Å². The van der Waals surface area contributed by atoms with Gasteiger partial charge in [0.15, 0.2) is 0 Å². The summed E-state index contributed by atoms with van der Waals surface area (Å²) in [7, 11) is 1.23. The Bertz CT molecular complexity index is 4570. The molecule has 1 aliphatic heterocycles. The lowest BCUT2D eigenvalue weighted by Gasteiger charge is -2.32. The number of phenolic OH excluding ortho intramolecular Hbond substituents is 1. The van der Waals surface area contributed by atoms with Crippen LogP contribution in [0.15, 0.2) is 115 Å². The van der Waals surface area contributed by atoms with E-state index in [9.17, 15) is 19.5 Å². The molecule has 0 bridgehead atoms. The lowest BCUT2D eigenvalue weighted by Crippen LogP contribution is -2.41. The molecule has 5 aliphatic carbocycles. The third kappa shape index (κ3) is 24.0. The first-order valence-electron chi connectivity index (χ1n) is 36.1. The van der Waals surface area contributed by atoms with Crippen molar-refractivity contribution in [3.05, 3.63) is 163 Å². The number of carboxylic acids is 1. The van der Waals surface area contributed by atoms with Gasteiger partial charge in [0.25, 0.3) is 17.6 Å². The number of H-pyrrole nitrogens is 2. The van der Waals surface area contributed by atoms with Crippen molar-refractivity contribution in [1.82, 2.24) is 45.8 Å².